The molecule has 0 unspecified atom stereocenters. The van der Waals surface area contributed by atoms with Crippen LogP contribution in [0.2, 0.25) is 0 Å². The van der Waals surface area contributed by atoms with Gasteiger partial charge in [-0.3, -0.25) is 0 Å². The summed E-state index contributed by atoms with van der Waals surface area (Å²) in [4.78, 5) is 0. The number of rotatable bonds is 6. The van der Waals surface area contributed by atoms with E-state index in [-0.39, 0.29) is 0 Å². The van der Waals surface area contributed by atoms with Gasteiger partial charge in [-0.25, -0.2) is 0 Å². The van der Waals surface area contributed by atoms with Crippen LogP contribution in [0.15, 0.2) is 12.2 Å². The minimum absolute atomic E-state index is 0.305. The smallest absolute Gasteiger partial charge is 0.0514 e. The van der Waals surface area contributed by atoms with Gasteiger partial charge in [0, 0.05) is 6.61 Å². The van der Waals surface area contributed by atoms with E-state index >= 15 is 0 Å². The summed E-state index contributed by atoms with van der Waals surface area (Å²) in [6.45, 7) is 10.5. The Kier molecular flexibility index (Phi) is 6.97. The standard InChI is InChI=1S/C12H24O/c1-5-6-7-8-9-10-13-11-12(2,3)4/h6-7H,5,8-11H2,1-4H3/b7-6-. The maximum absolute atomic E-state index is 5.54. The van der Waals surface area contributed by atoms with Crippen LogP contribution in [-0.4, -0.2) is 13.2 Å². The summed E-state index contributed by atoms with van der Waals surface area (Å²) in [5.41, 5.74) is 0.305. The van der Waals surface area contributed by atoms with E-state index in [2.05, 4.69) is 39.8 Å². The first kappa shape index (κ1) is 12.7. The summed E-state index contributed by atoms with van der Waals surface area (Å²) in [6.07, 6.45) is 7.89. The minimum atomic E-state index is 0.305. The molecule has 0 aromatic rings. The second-order valence-electron chi connectivity index (χ2n) is 4.64. The first-order valence-corrected chi connectivity index (χ1v) is 5.29. The van der Waals surface area contributed by atoms with Gasteiger partial charge in [-0.15, -0.1) is 0 Å². The molecule has 0 amide bonds. The lowest BCUT2D eigenvalue weighted by atomic mass is 9.99. The molecule has 13 heavy (non-hydrogen) atoms. The quantitative estimate of drug-likeness (QED) is 0.451. The molecule has 0 aromatic carbocycles. The number of hydrogen-bond donors (Lipinski definition) is 0. The SMILES string of the molecule is CC/C=C\CCCOCC(C)(C)C. The van der Waals surface area contributed by atoms with Crippen molar-refractivity contribution in [2.45, 2.75) is 47.0 Å². The Morgan fingerprint density at radius 3 is 2.38 bits per heavy atom. The monoisotopic (exact) mass is 184 g/mol. The molecule has 1 nitrogen and oxygen atoms in total. The second kappa shape index (κ2) is 7.14. The van der Waals surface area contributed by atoms with E-state index < -0.39 is 0 Å². The van der Waals surface area contributed by atoms with Gasteiger partial charge in [-0.05, 0) is 24.7 Å². The van der Waals surface area contributed by atoms with E-state index in [1.165, 1.54) is 0 Å². The van der Waals surface area contributed by atoms with Crippen LogP contribution < -0.4 is 0 Å². The number of ether oxygens (including phenoxy) is 1. The van der Waals surface area contributed by atoms with Crippen LogP contribution in [0, 0.1) is 5.41 Å². The third-order valence-corrected chi connectivity index (χ3v) is 1.60. The maximum atomic E-state index is 5.54. The summed E-state index contributed by atoms with van der Waals surface area (Å²) < 4.78 is 5.54. The topological polar surface area (TPSA) is 9.23 Å². The molecule has 0 bridgehead atoms. The Hall–Kier alpha value is -0.300. The molecule has 0 aliphatic carbocycles. The third-order valence-electron chi connectivity index (χ3n) is 1.60. The van der Waals surface area contributed by atoms with Crippen molar-refractivity contribution < 1.29 is 4.74 Å². The fourth-order valence-electron chi connectivity index (χ4n) is 0.966. The summed E-state index contributed by atoms with van der Waals surface area (Å²) in [7, 11) is 0. The maximum Gasteiger partial charge on any atom is 0.0514 e. The predicted molar refractivity (Wildman–Crippen MR) is 58.9 cm³/mol. The Morgan fingerprint density at radius 2 is 1.85 bits per heavy atom. The molecule has 0 aliphatic rings. The number of hydrogen-bond acceptors (Lipinski definition) is 1. The molecule has 0 aromatic heterocycles. The second-order valence-corrected chi connectivity index (χ2v) is 4.64. The van der Waals surface area contributed by atoms with Crippen LogP contribution in [0.4, 0.5) is 0 Å². The van der Waals surface area contributed by atoms with Crippen molar-refractivity contribution in [2.75, 3.05) is 13.2 Å². The molecule has 78 valence electrons. The first-order valence-electron chi connectivity index (χ1n) is 5.29. The highest BCUT2D eigenvalue weighted by molar-refractivity contribution is 4.79. The van der Waals surface area contributed by atoms with E-state index in [0.29, 0.717) is 5.41 Å². The summed E-state index contributed by atoms with van der Waals surface area (Å²) >= 11 is 0. The highest BCUT2D eigenvalue weighted by atomic mass is 16.5. The van der Waals surface area contributed by atoms with Gasteiger partial charge in [-0.1, -0.05) is 39.8 Å². The third kappa shape index (κ3) is 11.7. The van der Waals surface area contributed by atoms with Gasteiger partial charge in [0.15, 0.2) is 0 Å². The van der Waals surface area contributed by atoms with E-state index in [1.807, 2.05) is 0 Å². The molecule has 0 radical (unpaired) electrons. The van der Waals surface area contributed by atoms with Crippen molar-refractivity contribution in [2.24, 2.45) is 5.41 Å². The highest BCUT2D eigenvalue weighted by Gasteiger charge is 2.08. The van der Waals surface area contributed by atoms with Crippen LogP contribution >= 0.6 is 0 Å². The Bertz CT molecular complexity index is 131. The summed E-state index contributed by atoms with van der Waals surface area (Å²) in [6, 6.07) is 0. The Labute approximate surface area is 83.2 Å². The van der Waals surface area contributed by atoms with Crippen LogP contribution in [0.5, 0.6) is 0 Å². The Morgan fingerprint density at radius 1 is 1.15 bits per heavy atom. The van der Waals surface area contributed by atoms with E-state index in [0.717, 1.165) is 32.5 Å². The van der Waals surface area contributed by atoms with Gasteiger partial charge >= 0.3 is 0 Å². The summed E-state index contributed by atoms with van der Waals surface area (Å²) in [5, 5.41) is 0. The van der Waals surface area contributed by atoms with Gasteiger partial charge in [0.2, 0.25) is 0 Å². The van der Waals surface area contributed by atoms with Gasteiger partial charge in [0.1, 0.15) is 0 Å². The molecule has 0 fully saturated rings. The zero-order chi connectivity index (χ0) is 10.2. The lowest BCUT2D eigenvalue weighted by Crippen LogP contribution is -2.14. The first-order chi connectivity index (χ1) is 6.06. The van der Waals surface area contributed by atoms with Crippen molar-refractivity contribution in [3.8, 4) is 0 Å². The molecule has 0 saturated carbocycles. The zero-order valence-electron chi connectivity index (χ0n) is 9.60. The van der Waals surface area contributed by atoms with Crippen LogP contribution in [0.3, 0.4) is 0 Å². The van der Waals surface area contributed by atoms with Crippen molar-refractivity contribution >= 4 is 0 Å². The molecule has 0 rings (SSSR count). The van der Waals surface area contributed by atoms with Gasteiger partial charge < -0.3 is 4.74 Å². The van der Waals surface area contributed by atoms with Crippen LogP contribution in [0.1, 0.15) is 47.0 Å². The van der Waals surface area contributed by atoms with Crippen molar-refractivity contribution in [3.63, 3.8) is 0 Å². The zero-order valence-corrected chi connectivity index (χ0v) is 9.60. The van der Waals surface area contributed by atoms with Crippen molar-refractivity contribution in [1.29, 1.82) is 0 Å². The van der Waals surface area contributed by atoms with Crippen molar-refractivity contribution in [3.05, 3.63) is 12.2 Å². The van der Waals surface area contributed by atoms with Gasteiger partial charge in [-0.2, -0.15) is 0 Å². The minimum Gasteiger partial charge on any atom is -0.381 e. The molecule has 0 spiro atoms. The molecule has 1 heteroatoms. The fourth-order valence-corrected chi connectivity index (χ4v) is 0.966. The molecule has 0 heterocycles. The largest absolute Gasteiger partial charge is 0.381 e. The average Bonchev–Trinajstić information content (AvgIpc) is 2.01. The Balaban J connectivity index is 3.13. The molecule has 0 aliphatic heterocycles. The van der Waals surface area contributed by atoms with Crippen molar-refractivity contribution in [1.82, 2.24) is 0 Å². The lowest BCUT2D eigenvalue weighted by Gasteiger charge is -2.17. The normalized spacial score (nSPS) is 12.6. The van der Waals surface area contributed by atoms with Gasteiger partial charge in [0.25, 0.3) is 0 Å². The molecule has 0 N–H and O–H groups in total. The fraction of sp³-hybridized carbons (Fsp3) is 0.833. The lowest BCUT2D eigenvalue weighted by molar-refractivity contribution is 0.0701. The van der Waals surface area contributed by atoms with E-state index in [9.17, 15) is 0 Å². The van der Waals surface area contributed by atoms with Crippen LogP contribution in [0.25, 0.3) is 0 Å². The molecule has 0 atom stereocenters. The van der Waals surface area contributed by atoms with E-state index in [4.69, 9.17) is 4.74 Å². The predicted octanol–water partition coefficient (Wildman–Crippen LogP) is 3.80. The van der Waals surface area contributed by atoms with Gasteiger partial charge in [0.05, 0.1) is 6.61 Å². The molecule has 0 saturated heterocycles. The summed E-state index contributed by atoms with van der Waals surface area (Å²) in [5.74, 6) is 0. The average molecular weight is 184 g/mol. The number of unbranched alkanes of at least 4 members (excludes halogenated alkanes) is 1. The molecular weight excluding hydrogens is 160 g/mol. The van der Waals surface area contributed by atoms with Crippen LogP contribution in [-0.2, 0) is 4.74 Å². The molecular formula is C12H24O. The highest BCUT2D eigenvalue weighted by Crippen LogP contribution is 2.12. The van der Waals surface area contributed by atoms with E-state index in [1.54, 1.807) is 0 Å². The number of allylic oxidation sites excluding steroid dienone is 2.